The molecule has 0 aliphatic heterocycles. The molecule has 0 bridgehead atoms. The number of pyridine rings is 1. The first kappa shape index (κ1) is 22.7. The van der Waals surface area contributed by atoms with E-state index in [1.807, 2.05) is 6.92 Å². The Morgan fingerprint density at radius 3 is 2.58 bits per heavy atom. The van der Waals surface area contributed by atoms with Crippen molar-refractivity contribution in [2.45, 2.75) is 19.1 Å². The van der Waals surface area contributed by atoms with Crippen molar-refractivity contribution in [1.29, 1.82) is 0 Å². The van der Waals surface area contributed by atoms with Crippen molar-refractivity contribution in [3.05, 3.63) is 23.9 Å². The third-order valence-corrected chi connectivity index (χ3v) is 2.73. The number of aromatic nitrogens is 1. The SMILES string of the molecule is CN=C(NCCOc1ccc(C(F)(F)F)cn1)NC(C)COC.I. The van der Waals surface area contributed by atoms with Crippen LogP contribution in [0.25, 0.3) is 0 Å². The van der Waals surface area contributed by atoms with E-state index in [1.165, 1.54) is 6.07 Å². The normalized spacial score (nSPS) is 13.0. The lowest BCUT2D eigenvalue weighted by Gasteiger charge is -2.17. The Labute approximate surface area is 156 Å². The van der Waals surface area contributed by atoms with Gasteiger partial charge in [0.05, 0.1) is 18.7 Å². The highest BCUT2D eigenvalue weighted by Gasteiger charge is 2.30. The summed E-state index contributed by atoms with van der Waals surface area (Å²) in [7, 11) is 3.24. The van der Waals surface area contributed by atoms with Crippen LogP contribution in [0.5, 0.6) is 5.88 Å². The Morgan fingerprint density at radius 1 is 1.38 bits per heavy atom. The summed E-state index contributed by atoms with van der Waals surface area (Å²) in [5.74, 6) is 0.717. The molecule has 1 aromatic heterocycles. The molecule has 6 nitrogen and oxygen atoms in total. The molecule has 0 aliphatic carbocycles. The van der Waals surface area contributed by atoms with Crippen LogP contribution in [0.1, 0.15) is 12.5 Å². The van der Waals surface area contributed by atoms with Crippen molar-refractivity contribution in [2.75, 3.05) is 33.9 Å². The first-order valence-electron chi connectivity index (χ1n) is 6.99. The fraction of sp³-hybridized carbons (Fsp3) is 0.571. The molecule has 1 aromatic rings. The van der Waals surface area contributed by atoms with E-state index in [4.69, 9.17) is 9.47 Å². The maximum absolute atomic E-state index is 12.4. The summed E-state index contributed by atoms with van der Waals surface area (Å²) in [6.07, 6.45) is -3.65. The Kier molecular flexibility index (Phi) is 10.7. The fourth-order valence-electron chi connectivity index (χ4n) is 1.68. The third kappa shape index (κ3) is 8.52. The molecular weight excluding hydrogens is 440 g/mol. The van der Waals surface area contributed by atoms with E-state index in [0.717, 1.165) is 12.3 Å². The first-order chi connectivity index (χ1) is 10.9. The molecule has 0 saturated heterocycles. The minimum atomic E-state index is -4.40. The molecular formula is C14H22F3IN4O2. The summed E-state index contributed by atoms with van der Waals surface area (Å²) in [6, 6.07) is 2.21. The summed E-state index contributed by atoms with van der Waals surface area (Å²) in [6.45, 7) is 3.13. The zero-order valence-electron chi connectivity index (χ0n) is 13.7. The lowest BCUT2D eigenvalue weighted by molar-refractivity contribution is -0.137. The number of nitrogens with zero attached hydrogens (tertiary/aromatic N) is 2. The van der Waals surface area contributed by atoms with E-state index in [0.29, 0.717) is 19.1 Å². The Hall–Kier alpha value is -1.30. The molecule has 2 N–H and O–H groups in total. The Bertz CT molecular complexity index is 498. The van der Waals surface area contributed by atoms with Crippen LogP contribution in [0.2, 0.25) is 0 Å². The van der Waals surface area contributed by atoms with Gasteiger partial charge < -0.3 is 20.1 Å². The highest BCUT2D eigenvalue weighted by molar-refractivity contribution is 14.0. The van der Waals surface area contributed by atoms with Crippen LogP contribution in [0.3, 0.4) is 0 Å². The van der Waals surface area contributed by atoms with Crippen LogP contribution in [-0.4, -0.2) is 50.9 Å². The molecule has 0 spiro atoms. The maximum Gasteiger partial charge on any atom is 0.417 e. The highest BCUT2D eigenvalue weighted by atomic mass is 127. The number of methoxy groups -OCH3 is 1. The molecule has 0 radical (unpaired) electrons. The molecule has 0 fully saturated rings. The van der Waals surface area contributed by atoms with Crippen LogP contribution in [0, 0.1) is 0 Å². The number of guanidine groups is 1. The van der Waals surface area contributed by atoms with E-state index >= 15 is 0 Å². The number of ether oxygens (including phenoxy) is 2. The van der Waals surface area contributed by atoms with Gasteiger partial charge in [-0.3, -0.25) is 4.99 Å². The molecule has 138 valence electrons. The number of hydrogen-bond donors (Lipinski definition) is 2. The summed E-state index contributed by atoms with van der Waals surface area (Å²) in [5.41, 5.74) is -0.806. The number of halogens is 4. The van der Waals surface area contributed by atoms with Gasteiger partial charge in [0.2, 0.25) is 5.88 Å². The van der Waals surface area contributed by atoms with Crippen LogP contribution in [-0.2, 0) is 10.9 Å². The largest absolute Gasteiger partial charge is 0.476 e. The molecule has 0 aliphatic rings. The van der Waals surface area contributed by atoms with Gasteiger partial charge in [-0.2, -0.15) is 13.2 Å². The van der Waals surface area contributed by atoms with Gasteiger partial charge in [0, 0.05) is 32.5 Å². The number of nitrogens with one attached hydrogen (secondary N) is 2. The van der Waals surface area contributed by atoms with Crippen molar-refractivity contribution in [3.8, 4) is 5.88 Å². The van der Waals surface area contributed by atoms with E-state index in [1.54, 1.807) is 14.2 Å². The van der Waals surface area contributed by atoms with Crippen molar-refractivity contribution in [1.82, 2.24) is 15.6 Å². The second-order valence-electron chi connectivity index (χ2n) is 4.73. The Balaban J connectivity index is 0.00000529. The molecule has 10 heteroatoms. The van der Waals surface area contributed by atoms with Gasteiger partial charge in [-0.05, 0) is 13.0 Å². The topological polar surface area (TPSA) is 67.8 Å². The number of aliphatic imine (C=N–C) groups is 1. The molecule has 1 heterocycles. The molecule has 0 saturated carbocycles. The predicted octanol–water partition coefficient (Wildman–Crippen LogP) is 2.30. The predicted molar refractivity (Wildman–Crippen MR) is 96.0 cm³/mol. The van der Waals surface area contributed by atoms with Crippen LogP contribution < -0.4 is 15.4 Å². The van der Waals surface area contributed by atoms with Crippen molar-refractivity contribution in [3.63, 3.8) is 0 Å². The van der Waals surface area contributed by atoms with E-state index < -0.39 is 11.7 Å². The average Bonchev–Trinajstić information content (AvgIpc) is 2.50. The number of hydrogen-bond acceptors (Lipinski definition) is 4. The van der Waals surface area contributed by atoms with Crippen LogP contribution in [0.4, 0.5) is 13.2 Å². The molecule has 1 atom stereocenters. The first-order valence-corrected chi connectivity index (χ1v) is 6.99. The van der Waals surface area contributed by atoms with Crippen LogP contribution >= 0.6 is 24.0 Å². The van der Waals surface area contributed by atoms with Gasteiger partial charge in [-0.15, -0.1) is 24.0 Å². The average molecular weight is 462 g/mol. The van der Waals surface area contributed by atoms with Crippen molar-refractivity contribution < 1.29 is 22.6 Å². The second kappa shape index (κ2) is 11.3. The smallest absolute Gasteiger partial charge is 0.417 e. The van der Waals surface area contributed by atoms with Crippen molar-refractivity contribution in [2.24, 2.45) is 4.99 Å². The van der Waals surface area contributed by atoms with Gasteiger partial charge in [-0.25, -0.2) is 4.98 Å². The summed E-state index contributed by atoms with van der Waals surface area (Å²) in [4.78, 5) is 7.66. The minimum absolute atomic E-state index is 0. The summed E-state index contributed by atoms with van der Waals surface area (Å²) >= 11 is 0. The van der Waals surface area contributed by atoms with E-state index in [9.17, 15) is 13.2 Å². The zero-order valence-corrected chi connectivity index (χ0v) is 16.0. The molecule has 0 amide bonds. The van der Waals surface area contributed by atoms with E-state index in [2.05, 4.69) is 20.6 Å². The molecule has 24 heavy (non-hydrogen) atoms. The number of alkyl halides is 3. The quantitative estimate of drug-likeness (QED) is 0.282. The summed E-state index contributed by atoms with van der Waals surface area (Å²) in [5, 5.41) is 6.12. The van der Waals surface area contributed by atoms with E-state index in [-0.39, 0.29) is 42.5 Å². The lowest BCUT2D eigenvalue weighted by Crippen LogP contribution is -2.45. The maximum atomic E-state index is 12.4. The molecule has 1 rings (SSSR count). The third-order valence-electron chi connectivity index (χ3n) is 2.73. The molecule has 1 unspecified atom stereocenters. The van der Waals surface area contributed by atoms with Crippen molar-refractivity contribution >= 4 is 29.9 Å². The zero-order chi connectivity index (χ0) is 17.3. The minimum Gasteiger partial charge on any atom is -0.476 e. The highest BCUT2D eigenvalue weighted by Crippen LogP contribution is 2.29. The fourth-order valence-corrected chi connectivity index (χ4v) is 1.68. The van der Waals surface area contributed by atoms with Crippen LogP contribution in [0.15, 0.2) is 23.3 Å². The lowest BCUT2D eigenvalue weighted by atomic mass is 10.3. The van der Waals surface area contributed by atoms with Gasteiger partial charge >= 0.3 is 6.18 Å². The monoisotopic (exact) mass is 462 g/mol. The van der Waals surface area contributed by atoms with Gasteiger partial charge in [0.1, 0.15) is 6.61 Å². The van der Waals surface area contributed by atoms with Gasteiger partial charge in [-0.1, -0.05) is 0 Å². The van der Waals surface area contributed by atoms with Gasteiger partial charge in [0.15, 0.2) is 5.96 Å². The molecule has 0 aromatic carbocycles. The standard InChI is InChI=1S/C14H21F3N4O2.HI/c1-10(9-22-3)21-13(18-2)19-6-7-23-12-5-4-11(8-20-12)14(15,16)17;/h4-5,8,10H,6-7,9H2,1-3H3,(H2,18,19,21);1H. The Morgan fingerprint density at radius 2 is 2.08 bits per heavy atom. The number of rotatable bonds is 7. The summed E-state index contributed by atoms with van der Waals surface area (Å²) < 4.78 is 47.5. The second-order valence-corrected chi connectivity index (χ2v) is 4.73. The van der Waals surface area contributed by atoms with Gasteiger partial charge in [0.25, 0.3) is 0 Å².